The minimum Gasteiger partial charge on any atom is -0.344 e. The van der Waals surface area contributed by atoms with Crippen LogP contribution in [0.25, 0.3) is 4.96 Å². The summed E-state index contributed by atoms with van der Waals surface area (Å²) < 4.78 is 14.9. The number of rotatable bonds is 3. The molecule has 0 saturated carbocycles. The number of aromatic nitrogens is 3. The van der Waals surface area contributed by atoms with Crippen molar-refractivity contribution in [3.05, 3.63) is 57.8 Å². The smallest absolute Gasteiger partial charge is 0.274 e. The van der Waals surface area contributed by atoms with Crippen molar-refractivity contribution < 1.29 is 4.39 Å². The van der Waals surface area contributed by atoms with Gasteiger partial charge in [0, 0.05) is 44.0 Å². The van der Waals surface area contributed by atoms with E-state index < -0.39 is 0 Å². The summed E-state index contributed by atoms with van der Waals surface area (Å²) in [6.07, 6.45) is 0. The van der Waals surface area contributed by atoms with Gasteiger partial charge in [0.2, 0.25) is 10.1 Å². The van der Waals surface area contributed by atoms with Gasteiger partial charge in [-0.15, -0.1) is 5.10 Å². The van der Waals surface area contributed by atoms with Crippen molar-refractivity contribution in [2.45, 2.75) is 19.9 Å². The Bertz CT molecular complexity index is 975. The molecule has 4 rings (SSSR count). The minimum atomic E-state index is -0.226. The van der Waals surface area contributed by atoms with Crippen LogP contribution in [0.4, 0.5) is 9.52 Å². The summed E-state index contributed by atoms with van der Waals surface area (Å²) in [6.45, 7) is 7.53. The second-order valence-corrected chi connectivity index (χ2v) is 7.50. The van der Waals surface area contributed by atoms with Gasteiger partial charge in [0.25, 0.3) is 5.56 Å². The van der Waals surface area contributed by atoms with Gasteiger partial charge in [-0.2, -0.15) is 4.98 Å². The van der Waals surface area contributed by atoms with E-state index in [0.29, 0.717) is 4.96 Å². The molecule has 8 heteroatoms. The number of fused-ring (bicyclic) bond motifs is 1. The van der Waals surface area contributed by atoms with Crippen LogP contribution in [0.5, 0.6) is 0 Å². The number of aryl methyl sites for hydroxylation is 1. The first kappa shape index (κ1) is 17.1. The van der Waals surface area contributed by atoms with Crippen LogP contribution in [0.3, 0.4) is 0 Å². The molecular weight excluding hydrogens is 353 g/mol. The topological polar surface area (TPSA) is 53.7 Å². The Labute approximate surface area is 154 Å². The zero-order chi connectivity index (χ0) is 18.3. The number of hydrogen-bond donors (Lipinski definition) is 0. The van der Waals surface area contributed by atoms with E-state index in [4.69, 9.17) is 0 Å². The SMILES string of the molecule is Cc1cc(=O)nc2sc(N3CCN([C@@H](C)c4ccc(F)cc4)CC3)nn12. The maximum Gasteiger partial charge on any atom is 0.274 e. The number of anilines is 1. The highest BCUT2D eigenvalue weighted by Crippen LogP contribution is 2.26. The van der Waals surface area contributed by atoms with Gasteiger partial charge >= 0.3 is 0 Å². The fraction of sp³-hybridized carbons (Fsp3) is 0.389. The highest BCUT2D eigenvalue weighted by Gasteiger charge is 2.24. The monoisotopic (exact) mass is 373 g/mol. The third kappa shape index (κ3) is 3.22. The zero-order valence-corrected chi connectivity index (χ0v) is 15.5. The van der Waals surface area contributed by atoms with Gasteiger partial charge in [0.05, 0.1) is 0 Å². The summed E-state index contributed by atoms with van der Waals surface area (Å²) in [6, 6.07) is 8.48. The van der Waals surface area contributed by atoms with E-state index in [9.17, 15) is 9.18 Å². The Morgan fingerprint density at radius 2 is 1.85 bits per heavy atom. The van der Waals surface area contributed by atoms with E-state index in [1.165, 1.54) is 29.5 Å². The molecule has 0 spiro atoms. The Balaban J connectivity index is 1.47. The molecule has 0 N–H and O–H groups in total. The fourth-order valence-corrected chi connectivity index (χ4v) is 4.32. The Hall–Kier alpha value is -2.32. The second-order valence-electron chi connectivity index (χ2n) is 6.57. The maximum absolute atomic E-state index is 13.1. The van der Waals surface area contributed by atoms with Crippen molar-refractivity contribution in [1.29, 1.82) is 0 Å². The van der Waals surface area contributed by atoms with Crippen molar-refractivity contribution in [3.8, 4) is 0 Å². The summed E-state index contributed by atoms with van der Waals surface area (Å²) in [5.41, 5.74) is 1.69. The molecule has 2 aromatic heterocycles. The Morgan fingerprint density at radius 1 is 1.15 bits per heavy atom. The molecule has 1 atom stereocenters. The lowest BCUT2D eigenvalue weighted by atomic mass is 10.1. The van der Waals surface area contributed by atoms with E-state index in [1.807, 2.05) is 19.1 Å². The molecule has 1 aliphatic heterocycles. The normalized spacial score (nSPS) is 17.0. The van der Waals surface area contributed by atoms with Gasteiger partial charge in [0.1, 0.15) is 5.82 Å². The van der Waals surface area contributed by atoms with Crippen LogP contribution in [0.1, 0.15) is 24.2 Å². The van der Waals surface area contributed by atoms with Gasteiger partial charge in [-0.1, -0.05) is 23.5 Å². The number of benzene rings is 1. The molecule has 6 nitrogen and oxygen atoms in total. The van der Waals surface area contributed by atoms with Crippen molar-refractivity contribution in [3.63, 3.8) is 0 Å². The number of halogens is 1. The average molecular weight is 373 g/mol. The molecule has 1 saturated heterocycles. The van der Waals surface area contributed by atoms with Gasteiger partial charge in [-0.3, -0.25) is 9.69 Å². The summed E-state index contributed by atoms with van der Waals surface area (Å²) in [5, 5.41) is 5.50. The third-order valence-electron chi connectivity index (χ3n) is 4.91. The van der Waals surface area contributed by atoms with Gasteiger partial charge in [-0.25, -0.2) is 8.91 Å². The van der Waals surface area contributed by atoms with Crippen LogP contribution in [0.15, 0.2) is 35.1 Å². The molecule has 3 aromatic rings. The molecule has 0 amide bonds. The largest absolute Gasteiger partial charge is 0.344 e. The predicted octanol–water partition coefficient (Wildman–Crippen LogP) is 2.48. The average Bonchev–Trinajstić information content (AvgIpc) is 3.06. The fourth-order valence-electron chi connectivity index (χ4n) is 3.32. The van der Waals surface area contributed by atoms with Gasteiger partial charge in [0.15, 0.2) is 0 Å². The molecule has 1 aromatic carbocycles. The molecule has 136 valence electrons. The van der Waals surface area contributed by atoms with Crippen LogP contribution >= 0.6 is 11.3 Å². The highest BCUT2D eigenvalue weighted by atomic mass is 32.1. The lowest BCUT2D eigenvalue weighted by molar-refractivity contribution is 0.198. The first-order valence-corrected chi connectivity index (χ1v) is 9.45. The first-order chi connectivity index (χ1) is 12.5. The molecule has 26 heavy (non-hydrogen) atoms. The molecule has 1 aliphatic rings. The number of hydrogen-bond acceptors (Lipinski definition) is 6. The molecular formula is C18H20FN5OS. The Morgan fingerprint density at radius 3 is 2.54 bits per heavy atom. The minimum absolute atomic E-state index is 0.204. The van der Waals surface area contributed by atoms with Gasteiger partial charge < -0.3 is 4.90 Å². The van der Waals surface area contributed by atoms with Crippen LogP contribution in [0.2, 0.25) is 0 Å². The lowest BCUT2D eigenvalue weighted by Crippen LogP contribution is -2.47. The molecule has 0 unspecified atom stereocenters. The quantitative estimate of drug-likeness (QED) is 0.706. The zero-order valence-electron chi connectivity index (χ0n) is 14.7. The molecule has 0 bridgehead atoms. The van der Waals surface area contributed by atoms with E-state index in [0.717, 1.165) is 42.6 Å². The van der Waals surface area contributed by atoms with Gasteiger partial charge in [-0.05, 0) is 31.5 Å². The second kappa shape index (κ2) is 6.77. The lowest BCUT2D eigenvalue weighted by Gasteiger charge is -2.38. The highest BCUT2D eigenvalue weighted by molar-refractivity contribution is 7.20. The standard InChI is InChI=1S/C18H20FN5OS/c1-12-11-16(25)20-17-24(12)21-18(26-17)23-9-7-22(8-10-23)13(2)14-3-5-15(19)6-4-14/h3-6,11,13H,7-10H2,1-2H3/t13-/m0/s1. The van der Waals surface area contributed by atoms with E-state index in [2.05, 4.69) is 26.8 Å². The Kier molecular flexibility index (Phi) is 4.46. The van der Waals surface area contributed by atoms with E-state index >= 15 is 0 Å². The van der Waals surface area contributed by atoms with Crippen LogP contribution < -0.4 is 10.5 Å². The van der Waals surface area contributed by atoms with Crippen molar-refractivity contribution in [1.82, 2.24) is 19.5 Å². The molecule has 1 fully saturated rings. The first-order valence-electron chi connectivity index (χ1n) is 8.63. The number of piperazine rings is 1. The van der Waals surface area contributed by atoms with Crippen LogP contribution in [-0.4, -0.2) is 45.7 Å². The molecule has 3 heterocycles. The van der Waals surface area contributed by atoms with Crippen LogP contribution in [0, 0.1) is 12.7 Å². The third-order valence-corrected chi connectivity index (χ3v) is 5.88. The summed E-state index contributed by atoms with van der Waals surface area (Å²) in [4.78, 5) is 20.9. The molecule has 0 aliphatic carbocycles. The summed E-state index contributed by atoms with van der Waals surface area (Å²) in [7, 11) is 0. The van der Waals surface area contributed by atoms with Crippen LogP contribution in [-0.2, 0) is 0 Å². The molecule has 0 radical (unpaired) electrons. The van der Waals surface area contributed by atoms with E-state index in [-0.39, 0.29) is 17.4 Å². The summed E-state index contributed by atoms with van der Waals surface area (Å²) >= 11 is 1.45. The van der Waals surface area contributed by atoms with Crippen molar-refractivity contribution >= 4 is 21.4 Å². The predicted molar refractivity (Wildman–Crippen MR) is 100 cm³/mol. The number of nitrogens with zero attached hydrogens (tertiary/aromatic N) is 5. The van der Waals surface area contributed by atoms with E-state index in [1.54, 1.807) is 4.52 Å². The maximum atomic E-state index is 13.1. The van der Waals surface area contributed by atoms with Crippen molar-refractivity contribution in [2.24, 2.45) is 0 Å². The van der Waals surface area contributed by atoms with Crippen molar-refractivity contribution in [2.75, 3.05) is 31.1 Å². The summed E-state index contributed by atoms with van der Waals surface area (Å²) in [5.74, 6) is -0.204.